The summed E-state index contributed by atoms with van der Waals surface area (Å²) in [5, 5.41) is 3.49. The molecule has 1 fully saturated rings. The molecule has 0 atom stereocenters. The van der Waals surface area contributed by atoms with Crippen molar-refractivity contribution in [3.8, 4) is 0 Å². The third-order valence-electron chi connectivity index (χ3n) is 3.89. The quantitative estimate of drug-likeness (QED) is 0.897. The van der Waals surface area contributed by atoms with Gasteiger partial charge in [0, 0.05) is 11.7 Å². The summed E-state index contributed by atoms with van der Waals surface area (Å²) in [7, 11) is -1.93. The van der Waals surface area contributed by atoms with Crippen LogP contribution in [0.1, 0.15) is 44.9 Å². The third-order valence-corrected chi connectivity index (χ3v) is 5.30. The molecule has 0 bridgehead atoms. The van der Waals surface area contributed by atoms with Gasteiger partial charge >= 0.3 is 0 Å². The molecule has 20 heavy (non-hydrogen) atoms. The van der Waals surface area contributed by atoms with Crippen molar-refractivity contribution in [3.05, 3.63) is 24.3 Å². The Labute approximate surface area is 122 Å². The molecule has 1 saturated carbocycles. The van der Waals surface area contributed by atoms with Crippen LogP contribution in [-0.4, -0.2) is 21.5 Å². The van der Waals surface area contributed by atoms with E-state index in [-0.39, 0.29) is 0 Å². The van der Waals surface area contributed by atoms with E-state index in [0.717, 1.165) is 5.69 Å². The van der Waals surface area contributed by atoms with Crippen molar-refractivity contribution in [1.29, 1.82) is 0 Å². The summed E-state index contributed by atoms with van der Waals surface area (Å²) in [5.74, 6) is 0. The van der Waals surface area contributed by atoms with E-state index in [2.05, 4.69) is 10.0 Å². The maximum absolute atomic E-state index is 11.8. The average molecular weight is 296 g/mol. The Balaban J connectivity index is 2.07. The van der Waals surface area contributed by atoms with Crippen molar-refractivity contribution in [2.45, 2.75) is 55.9 Å². The highest BCUT2D eigenvalue weighted by molar-refractivity contribution is 7.89. The summed E-state index contributed by atoms with van der Waals surface area (Å²) in [6, 6.07) is 7.52. The van der Waals surface area contributed by atoms with Crippen LogP contribution in [0.3, 0.4) is 0 Å². The van der Waals surface area contributed by atoms with Gasteiger partial charge in [-0.05, 0) is 38.1 Å². The van der Waals surface area contributed by atoms with Crippen LogP contribution >= 0.6 is 0 Å². The van der Waals surface area contributed by atoms with Crippen LogP contribution in [0.4, 0.5) is 5.69 Å². The highest BCUT2D eigenvalue weighted by Crippen LogP contribution is 2.22. The lowest BCUT2D eigenvalue weighted by Crippen LogP contribution is -2.21. The second-order valence-electron chi connectivity index (χ2n) is 5.42. The van der Waals surface area contributed by atoms with Gasteiger partial charge in [-0.15, -0.1) is 0 Å². The first-order chi connectivity index (χ1) is 9.62. The van der Waals surface area contributed by atoms with Gasteiger partial charge in [0.05, 0.1) is 4.90 Å². The molecule has 2 rings (SSSR count). The maximum Gasteiger partial charge on any atom is 0.240 e. The molecule has 1 aromatic carbocycles. The van der Waals surface area contributed by atoms with Crippen molar-refractivity contribution >= 4 is 15.7 Å². The van der Waals surface area contributed by atoms with Gasteiger partial charge in [0.25, 0.3) is 0 Å². The Kier molecular flexibility index (Phi) is 5.43. The summed E-state index contributed by atoms with van der Waals surface area (Å²) < 4.78 is 26.0. The van der Waals surface area contributed by atoms with Crippen LogP contribution in [0.2, 0.25) is 0 Å². The number of rotatable bonds is 4. The smallest absolute Gasteiger partial charge is 0.240 e. The number of nitrogens with one attached hydrogen (secondary N) is 2. The van der Waals surface area contributed by atoms with Gasteiger partial charge in [0.15, 0.2) is 0 Å². The molecule has 0 aliphatic heterocycles. The molecule has 4 nitrogen and oxygen atoms in total. The van der Waals surface area contributed by atoms with Crippen LogP contribution in [0.25, 0.3) is 0 Å². The van der Waals surface area contributed by atoms with E-state index in [0.29, 0.717) is 10.9 Å². The zero-order valence-electron chi connectivity index (χ0n) is 12.1. The molecule has 0 amide bonds. The lowest BCUT2D eigenvalue weighted by Gasteiger charge is -2.22. The highest BCUT2D eigenvalue weighted by atomic mass is 32.2. The molecule has 0 saturated heterocycles. The molecule has 1 aliphatic carbocycles. The summed E-state index contributed by atoms with van der Waals surface area (Å²) in [5.41, 5.74) is 0.895. The Morgan fingerprint density at radius 3 is 2.35 bits per heavy atom. The summed E-state index contributed by atoms with van der Waals surface area (Å²) >= 11 is 0. The van der Waals surface area contributed by atoms with Gasteiger partial charge in [0.1, 0.15) is 0 Å². The lowest BCUT2D eigenvalue weighted by atomic mass is 9.96. The molecule has 2 N–H and O–H groups in total. The molecule has 0 heterocycles. The van der Waals surface area contributed by atoms with E-state index < -0.39 is 10.0 Å². The van der Waals surface area contributed by atoms with Gasteiger partial charge in [-0.2, -0.15) is 0 Å². The van der Waals surface area contributed by atoms with Crippen LogP contribution in [0.5, 0.6) is 0 Å². The molecule has 1 aromatic rings. The summed E-state index contributed by atoms with van der Waals surface area (Å²) in [6.45, 7) is 0. The summed E-state index contributed by atoms with van der Waals surface area (Å²) in [4.78, 5) is 0.316. The van der Waals surface area contributed by atoms with Gasteiger partial charge in [-0.25, -0.2) is 13.1 Å². The molecule has 1 aliphatic rings. The second kappa shape index (κ2) is 7.09. The molecule has 0 aromatic heterocycles. The number of sulfonamides is 1. The molecule has 0 radical (unpaired) electrons. The Hall–Kier alpha value is -1.07. The standard InChI is InChI=1S/C15H24N2O2S/c1-16-20(18,19)15-11-7-10-14(12-15)17-13-8-5-3-2-4-6-9-13/h7,10-13,16-17H,2-6,8-9H2,1H3. The zero-order chi connectivity index (χ0) is 14.4. The fraction of sp³-hybridized carbons (Fsp3) is 0.600. The maximum atomic E-state index is 11.8. The van der Waals surface area contributed by atoms with Crippen molar-refractivity contribution in [2.75, 3.05) is 12.4 Å². The third kappa shape index (κ3) is 4.21. The van der Waals surface area contributed by atoms with Crippen LogP contribution in [-0.2, 0) is 10.0 Å². The normalized spacial score (nSPS) is 18.2. The Bertz CT molecular complexity index is 520. The van der Waals surface area contributed by atoms with Gasteiger partial charge in [-0.3, -0.25) is 0 Å². The zero-order valence-corrected chi connectivity index (χ0v) is 12.9. The first kappa shape index (κ1) is 15.3. The minimum atomic E-state index is -3.36. The van der Waals surface area contributed by atoms with E-state index >= 15 is 0 Å². The van der Waals surface area contributed by atoms with Crippen LogP contribution in [0, 0.1) is 0 Å². The molecule has 5 heteroatoms. The monoisotopic (exact) mass is 296 g/mol. The first-order valence-electron chi connectivity index (χ1n) is 7.42. The largest absolute Gasteiger partial charge is 0.382 e. The van der Waals surface area contributed by atoms with E-state index in [1.807, 2.05) is 6.07 Å². The van der Waals surface area contributed by atoms with Crippen LogP contribution < -0.4 is 10.0 Å². The predicted octanol–water partition coefficient (Wildman–Crippen LogP) is 3.12. The van der Waals surface area contributed by atoms with Crippen molar-refractivity contribution in [1.82, 2.24) is 4.72 Å². The minimum absolute atomic E-state index is 0.316. The Morgan fingerprint density at radius 1 is 1.05 bits per heavy atom. The first-order valence-corrected chi connectivity index (χ1v) is 8.90. The van der Waals surface area contributed by atoms with E-state index in [9.17, 15) is 8.42 Å². The summed E-state index contributed by atoms with van der Waals surface area (Å²) in [6.07, 6.45) is 8.83. The Morgan fingerprint density at radius 2 is 1.70 bits per heavy atom. The molecular formula is C15H24N2O2S. The highest BCUT2D eigenvalue weighted by Gasteiger charge is 2.14. The molecular weight excluding hydrogens is 272 g/mol. The van der Waals surface area contributed by atoms with Gasteiger partial charge < -0.3 is 5.32 Å². The number of benzene rings is 1. The topological polar surface area (TPSA) is 58.2 Å². The molecule has 0 unspecified atom stereocenters. The minimum Gasteiger partial charge on any atom is -0.382 e. The fourth-order valence-corrected chi connectivity index (χ4v) is 3.48. The van der Waals surface area contributed by atoms with E-state index in [4.69, 9.17) is 0 Å². The second-order valence-corrected chi connectivity index (χ2v) is 7.31. The number of anilines is 1. The number of hydrogen-bond acceptors (Lipinski definition) is 3. The SMILES string of the molecule is CNS(=O)(=O)c1cccc(NC2CCCCCCC2)c1. The van der Waals surface area contributed by atoms with Crippen molar-refractivity contribution in [2.24, 2.45) is 0 Å². The average Bonchev–Trinajstić information content (AvgIpc) is 2.42. The van der Waals surface area contributed by atoms with Gasteiger partial charge in [-0.1, -0.05) is 38.2 Å². The van der Waals surface area contributed by atoms with Crippen molar-refractivity contribution < 1.29 is 8.42 Å². The molecule has 112 valence electrons. The molecule has 0 spiro atoms. The van der Waals surface area contributed by atoms with Crippen molar-refractivity contribution in [3.63, 3.8) is 0 Å². The van der Waals surface area contributed by atoms with Gasteiger partial charge in [0.2, 0.25) is 10.0 Å². The lowest BCUT2D eigenvalue weighted by molar-refractivity contribution is 0.471. The van der Waals surface area contributed by atoms with E-state index in [1.54, 1.807) is 18.2 Å². The van der Waals surface area contributed by atoms with E-state index in [1.165, 1.54) is 52.0 Å². The predicted molar refractivity (Wildman–Crippen MR) is 82.4 cm³/mol. The van der Waals surface area contributed by atoms with Crippen LogP contribution in [0.15, 0.2) is 29.2 Å². The number of hydrogen-bond donors (Lipinski definition) is 2. The fourth-order valence-electron chi connectivity index (χ4n) is 2.71.